The molecule has 5 rings (SSSR count). The molecule has 1 aromatic carbocycles. The third kappa shape index (κ3) is 2.79. The molecule has 2 saturated carbocycles. The van der Waals surface area contributed by atoms with Gasteiger partial charge >= 0.3 is 11.9 Å². The zero-order valence-electron chi connectivity index (χ0n) is 19.3. The Morgan fingerprint density at radius 1 is 1.16 bits per heavy atom. The number of aliphatic hydroxyl groups is 1. The fourth-order valence-electron chi connectivity index (χ4n) is 7.32. The van der Waals surface area contributed by atoms with E-state index in [1.54, 1.807) is 18.2 Å². The SMILES string of the molecule is C[C@H]1C2=CC(=O)OC2=C[C@@H]2[C@H]1C[C@@H](OC(=O)c1ccccc1)[C@@]1(O)C(C)(C)CCC[C@]21C. The van der Waals surface area contributed by atoms with Crippen LogP contribution >= 0.6 is 0 Å². The fourth-order valence-corrected chi connectivity index (χ4v) is 7.32. The van der Waals surface area contributed by atoms with E-state index in [-0.39, 0.29) is 23.7 Å². The molecule has 0 bridgehead atoms. The number of hydrogen-bond donors (Lipinski definition) is 1. The Kier molecular flexibility index (Phi) is 4.72. The van der Waals surface area contributed by atoms with E-state index in [1.165, 1.54) is 0 Å². The molecule has 0 unspecified atom stereocenters. The molecule has 0 amide bonds. The van der Waals surface area contributed by atoms with E-state index in [1.807, 2.05) is 18.2 Å². The number of carbonyl (C=O) groups is 2. The third-order valence-electron chi connectivity index (χ3n) is 9.04. The van der Waals surface area contributed by atoms with Crippen LogP contribution in [0.5, 0.6) is 0 Å². The van der Waals surface area contributed by atoms with Crippen molar-refractivity contribution in [2.45, 2.75) is 65.1 Å². The van der Waals surface area contributed by atoms with Gasteiger partial charge in [0.1, 0.15) is 17.5 Å². The number of rotatable bonds is 2. The predicted molar refractivity (Wildman–Crippen MR) is 119 cm³/mol. The molecular weight excluding hydrogens is 404 g/mol. The summed E-state index contributed by atoms with van der Waals surface area (Å²) < 4.78 is 11.7. The minimum Gasteiger partial charge on any atom is -0.456 e. The Hall–Kier alpha value is -2.40. The highest BCUT2D eigenvalue weighted by atomic mass is 16.6. The summed E-state index contributed by atoms with van der Waals surface area (Å²) in [5, 5.41) is 12.5. The number of ether oxygens (including phenoxy) is 2. The van der Waals surface area contributed by atoms with Crippen LogP contribution in [0.3, 0.4) is 0 Å². The molecule has 1 aliphatic heterocycles. The summed E-state index contributed by atoms with van der Waals surface area (Å²) in [6, 6.07) is 8.98. The Balaban J connectivity index is 1.60. The molecule has 6 atom stereocenters. The lowest BCUT2D eigenvalue weighted by molar-refractivity contribution is -0.279. The van der Waals surface area contributed by atoms with Gasteiger partial charge in [0.05, 0.1) is 5.56 Å². The van der Waals surface area contributed by atoms with Crippen molar-refractivity contribution in [3.63, 3.8) is 0 Å². The first-order valence-corrected chi connectivity index (χ1v) is 11.7. The first-order valence-electron chi connectivity index (χ1n) is 11.7. The topological polar surface area (TPSA) is 72.8 Å². The highest BCUT2D eigenvalue weighted by Gasteiger charge is 2.70. The molecule has 0 saturated heterocycles. The summed E-state index contributed by atoms with van der Waals surface area (Å²) in [6.45, 7) is 8.45. The molecule has 32 heavy (non-hydrogen) atoms. The standard InChI is InChI=1S/C27H32O5/c1-16-18-13-22(32-24(29)17-9-6-5-7-10-17)27(30)25(2,3)11-8-12-26(27,4)20(18)15-21-19(16)14-23(28)31-21/h5-7,9-10,14-16,18,20,22,30H,8,11-13H2,1-4H3/t16-,18+,20-,22-,26-,27-/m1/s1. The molecule has 0 aromatic heterocycles. The van der Waals surface area contributed by atoms with Crippen LogP contribution in [0.2, 0.25) is 0 Å². The molecule has 5 nitrogen and oxygen atoms in total. The van der Waals surface area contributed by atoms with E-state index in [4.69, 9.17) is 9.47 Å². The average molecular weight is 437 g/mol. The van der Waals surface area contributed by atoms with Crippen LogP contribution in [0.4, 0.5) is 0 Å². The number of allylic oxidation sites excluding steroid dienone is 2. The molecule has 0 spiro atoms. The highest BCUT2D eigenvalue weighted by Crippen LogP contribution is 2.67. The number of carbonyl (C=O) groups excluding carboxylic acids is 2. The molecule has 0 radical (unpaired) electrons. The van der Waals surface area contributed by atoms with Crippen molar-refractivity contribution in [3.8, 4) is 0 Å². The average Bonchev–Trinajstić information content (AvgIpc) is 3.13. The zero-order valence-corrected chi connectivity index (χ0v) is 19.3. The molecule has 2 fully saturated rings. The number of hydrogen-bond acceptors (Lipinski definition) is 5. The van der Waals surface area contributed by atoms with Gasteiger partial charge in [0, 0.05) is 17.1 Å². The first kappa shape index (κ1) is 21.4. The van der Waals surface area contributed by atoms with Gasteiger partial charge in [-0.05, 0) is 60.6 Å². The van der Waals surface area contributed by atoms with Crippen molar-refractivity contribution in [2.75, 3.05) is 0 Å². The third-order valence-corrected chi connectivity index (χ3v) is 9.04. The quantitative estimate of drug-likeness (QED) is 0.674. The lowest BCUT2D eigenvalue weighted by Gasteiger charge is -2.67. The Bertz CT molecular complexity index is 1020. The molecule has 5 heteroatoms. The van der Waals surface area contributed by atoms with Crippen molar-refractivity contribution in [1.82, 2.24) is 0 Å². The van der Waals surface area contributed by atoms with E-state index in [9.17, 15) is 14.7 Å². The maximum atomic E-state index is 13.1. The maximum Gasteiger partial charge on any atom is 0.338 e. The Morgan fingerprint density at radius 3 is 2.59 bits per heavy atom. The van der Waals surface area contributed by atoms with E-state index < -0.39 is 28.5 Å². The van der Waals surface area contributed by atoms with Gasteiger partial charge in [0.25, 0.3) is 0 Å². The summed E-state index contributed by atoms with van der Waals surface area (Å²) in [4.78, 5) is 25.1. The summed E-state index contributed by atoms with van der Waals surface area (Å²) in [7, 11) is 0. The molecule has 3 aliphatic carbocycles. The molecular formula is C27H32O5. The lowest BCUT2D eigenvalue weighted by Crippen LogP contribution is -2.72. The number of esters is 2. The van der Waals surface area contributed by atoms with Crippen LogP contribution in [0.1, 0.15) is 63.7 Å². The molecule has 1 N–H and O–H groups in total. The summed E-state index contributed by atoms with van der Waals surface area (Å²) in [6.07, 6.45) is 6.27. The second-order valence-electron chi connectivity index (χ2n) is 10.9. The van der Waals surface area contributed by atoms with E-state index >= 15 is 0 Å². The summed E-state index contributed by atoms with van der Waals surface area (Å²) in [5.41, 5.74) is -0.735. The zero-order chi connectivity index (χ0) is 22.9. The van der Waals surface area contributed by atoms with E-state index in [2.05, 4.69) is 33.8 Å². The van der Waals surface area contributed by atoms with Gasteiger partial charge in [0.2, 0.25) is 0 Å². The van der Waals surface area contributed by atoms with E-state index in [0.29, 0.717) is 17.7 Å². The van der Waals surface area contributed by atoms with Crippen molar-refractivity contribution < 1.29 is 24.2 Å². The van der Waals surface area contributed by atoms with Crippen molar-refractivity contribution in [3.05, 3.63) is 59.4 Å². The minimum absolute atomic E-state index is 0.0341. The van der Waals surface area contributed by atoms with Crippen molar-refractivity contribution in [2.24, 2.45) is 28.6 Å². The smallest absolute Gasteiger partial charge is 0.338 e. The minimum atomic E-state index is -1.20. The summed E-state index contributed by atoms with van der Waals surface area (Å²) in [5.74, 6) is 0.183. The number of fused-ring (bicyclic) bond motifs is 4. The summed E-state index contributed by atoms with van der Waals surface area (Å²) >= 11 is 0. The Morgan fingerprint density at radius 2 is 1.88 bits per heavy atom. The van der Waals surface area contributed by atoms with Gasteiger partial charge in [0.15, 0.2) is 0 Å². The van der Waals surface area contributed by atoms with Crippen LogP contribution in [-0.4, -0.2) is 28.8 Å². The van der Waals surface area contributed by atoms with Crippen LogP contribution in [-0.2, 0) is 14.3 Å². The van der Waals surface area contributed by atoms with Gasteiger partial charge in [-0.15, -0.1) is 0 Å². The monoisotopic (exact) mass is 436 g/mol. The normalized spacial score (nSPS) is 39.6. The van der Waals surface area contributed by atoms with Crippen LogP contribution < -0.4 is 0 Å². The molecule has 1 heterocycles. The maximum absolute atomic E-state index is 13.1. The second-order valence-corrected chi connectivity index (χ2v) is 10.9. The van der Waals surface area contributed by atoms with E-state index in [0.717, 1.165) is 24.8 Å². The van der Waals surface area contributed by atoms with Crippen molar-refractivity contribution in [1.29, 1.82) is 0 Å². The van der Waals surface area contributed by atoms with Crippen molar-refractivity contribution >= 4 is 11.9 Å². The van der Waals surface area contributed by atoms with Crippen LogP contribution in [0.15, 0.2) is 53.8 Å². The largest absolute Gasteiger partial charge is 0.456 e. The van der Waals surface area contributed by atoms with Gasteiger partial charge in [-0.1, -0.05) is 52.3 Å². The molecule has 170 valence electrons. The Labute approximate surface area is 189 Å². The van der Waals surface area contributed by atoms with Crippen LogP contribution in [0, 0.1) is 28.6 Å². The van der Waals surface area contributed by atoms with Gasteiger partial charge in [-0.25, -0.2) is 9.59 Å². The van der Waals surface area contributed by atoms with Gasteiger partial charge in [-0.3, -0.25) is 0 Å². The highest BCUT2D eigenvalue weighted by molar-refractivity contribution is 5.89. The molecule has 4 aliphatic rings. The fraction of sp³-hybridized carbons (Fsp3) is 0.556. The lowest BCUT2D eigenvalue weighted by atomic mass is 9.41. The molecule has 1 aromatic rings. The first-order chi connectivity index (χ1) is 15.1. The van der Waals surface area contributed by atoms with Gasteiger partial charge < -0.3 is 14.6 Å². The van der Waals surface area contributed by atoms with Gasteiger partial charge in [-0.2, -0.15) is 0 Å². The van der Waals surface area contributed by atoms with Crippen LogP contribution in [0.25, 0.3) is 0 Å². The number of benzene rings is 1. The second kappa shape index (κ2) is 7.05. The predicted octanol–water partition coefficient (Wildman–Crippen LogP) is 4.81.